The predicted octanol–water partition coefficient (Wildman–Crippen LogP) is 12.7. The van der Waals surface area contributed by atoms with E-state index >= 15 is 0 Å². The van der Waals surface area contributed by atoms with Crippen LogP contribution < -0.4 is 19.7 Å². The summed E-state index contributed by atoms with van der Waals surface area (Å²) in [5.74, 6) is 3.83. The largest absolute Gasteiger partial charge is 0.453 e. The van der Waals surface area contributed by atoms with Crippen LogP contribution in [0.3, 0.4) is 0 Å². The lowest BCUT2D eigenvalue weighted by molar-refractivity contribution is 0.246. The predicted molar refractivity (Wildman–Crippen MR) is 220 cm³/mol. The molecule has 8 heteroatoms. The minimum Gasteiger partial charge on any atom is -0.453 e. The number of ether oxygens (including phenoxy) is 2. The van der Waals surface area contributed by atoms with Gasteiger partial charge in [-0.3, -0.25) is 4.99 Å². The summed E-state index contributed by atoms with van der Waals surface area (Å²) in [5, 5.41) is 3.99. The lowest BCUT2D eigenvalue weighted by Crippen LogP contribution is -2.33. The van der Waals surface area contributed by atoms with Crippen LogP contribution in [-0.4, -0.2) is 27.6 Å². The number of aliphatic imine (C=N–C) groups is 1. The average Bonchev–Trinajstić information content (AvgIpc) is 3.22. The molecule has 0 bridgehead atoms. The first-order valence-electron chi connectivity index (χ1n) is 19.9. The van der Waals surface area contributed by atoms with Crippen LogP contribution in [0.4, 0.5) is 28.4 Å². The molecule has 8 nitrogen and oxygen atoms in total. The van der Waals surface area contributed by atoms with Crippen molar-refractivity contribution in [2.75, 3.05) is 16.8 Å². The monoisotopic (exact) mass is 718 g/mol. The Morgan fingerprint density at radius 2 is 1.44 bits per heavy atom. The van der Waals surface area contributed by atoms with E-state index in [2.05, 4.69) is 91.4 Å². The Balaban J connectivity index is 1.48. The van der Waals surface area contributed by atoms with Gasteiger partial charge in [-0.2, -0.15) is 0 Å². The van der Waals surface area contributed by atoms with E-state index in [-0.39, 0.29) is 6.17 Å². The van der Waals surface area contributed by atoms with Crippen molar-refractivity contribution in [3.8, 4) is 34.4 Å². The van der Waals surface area contributed by atoms with Crippen LogP contribution in [0.1, 0.15) is 95.5 Å². The molecule has 4 aromatic carbocycles. The SMILES string of the molecule is CCCCC1=CC=NC(c2c3c(c(CC)c(-c4ncccn4)c2N2c4ccccc4Oc4ccccc42)Oc2ccc(CCCC)cc2N3)N1CCCC. The molecule has 1 unspecified atom stereocenters. The van der Waals surface area contributed by atoms with E-state index < -0.39 is 0 Å². The van der Waals surface area contributed by atoms with Crippen LogP contribution in [0, 0.1) is 0 Å². The number of para-hydroxylation sites is 4. The molecule has 5 aromatic rings. The second kappa shape index (κ2) is 15.8. The van der Waals surface area contributed by atoms with E-state index in [1.165, 1.54) is 11.3 Å². The molecule has 54 heavy (non-hydrogen) atoms. The van der Waals surface area contributed by atoms with Crippen LogP contribution in [0.5, 0.6) is 23.0 Å². The first kappa shape index (κ1) is 35.4. The number of benzene rings is 4. The Morgan fingerprint density at radius 1 is 0.741 bits per heavy atom. The summed E-state index contributed by atoms with van der Waals surface area (Å²) in [5.41, 5.74) is 10.4. The molecule has 3 aliphatic heterocycles. The second-order valence-corrected chi connectivity index (χ2v) is 14.3. The standard InChI is InChI=1S/C46H50N6O2/c1-5-9-17-31-23-24-37-34(30-31)50-42-41(46-49-28-25-32(18-10-6-2)51(46)29-11-7-3)43(40(33(8-4)44(42)54-37)45-47-26-16-27-48-45)52-35-19-12-14-21-38(35)53-39-22-15-13-20-36(39)52/h12-16,19-28,30,46,50H,5-11,17-18,29H2,1-4H3. The summed E-state index contributed by atoms with van der Waals surface area (Å²) < 4.78 is 13.7. The molecule has 1 aromatic heterocycles. The molecule has 0 saturated heterocycles. The molecule has 3 aliphatic rings. The average molecular weight is 719 g/mol. The number of fused-ring (bicyclic) bond motifs is 4. The Bertz CT molecular complexity index is 2150. The highest BCUT2D eigenvalue weighted by atomic mass is 16.5. The molecule has 0 fully saturated rings. The molecule has 1 atom stereocenters. The molecule has 0 radical (unpaired) electrons. The summed E-state index contributed by atoms with van der Waals surface area (Å²) in [6.45, 7) is 9.83. The van der Waals surface area contributed by atoms with Crippen LogP contribution >= 0.6 is 0 Å². The highest BCUT2D eigenvalue weighted by molar-refractivity contribution is 6.00. The van der Waals surface area contributed by atoms with E-state index in [9.17, 15) is 0 Å². The zero-order chi connectivity index (χ0) is 37.0. The molecular weight excluding hydrogens is 669 g/mol. The first-order chi connectivity index (χ1) is 26.6. The maximum atomic E-state index is 7.10. The van der Waals surface area contributed by atoms with Gasteiger partial charge in [0.1, 0.15) is 0 Å². The number of rotatable bonds is 13. The van der Waals surface area contributed by atoms with Crippen molar-refractivity contribution < 1.29 is 9.47 Å². The van der Waals surface area contributed by atoms with Crippen molar-refractivity contribution >= 4 is 34.7 Å². The fourth-order valence-electron chi connectivity index (χ4n) is 7.95. The number of nitrogens with one attached hydrogen (secondary N) is 1. The zero-order valence-electron chi connectivity index (χ0n) is 31.9. The second-order valence-electron chi connectivity index (χ2n) is 14.3. The van der Waals surface area contributed by atoms with Gasteiger partial charge >= 0.3 is 0 Å². The van der Waals surface area contributed by atoms with Crippen molar-refractivity contribution in [3.05, 3.63) is 114 Å². The van der Waals surface area contributed by atoms with Gasteiger partial charge in [0.05, 0.1) is 34.0 Å². The number of hydrogen-bond acceptors (Lipinski definition) is 8. The van der Waals surface area contributed by atoms with Gasteiger partial charge in [0.2, 0.25) is 0 Å². The maximum absolute atomic E-state index is 7.10. The Morgan fingerprint density at radius 3 is 2.15 bits per heavy atom. The first-order valence-corrected chi connectivity index (χ1v) is 19.9. The van der Waals surface area contributed by atoms with Gasteiger partial charge in [-0.05, 0) is 92.6 Å². The van der Waals surface area contributed by atoms with Gasteiger partial charge in [0.25, 0.3) is 0 Å². The number of anilines is 5. The number of nitrogens with zero attached hydrogens (tertiary/aromatic N) is 5. The van der Waals surface area contributed by atoms with Gasteiger partial charge < -0.3 is 24.6 Å². The summed E-state index contributed by atoms with van der Waals surface area (Å²) in [4.78, 5) is 20.2. The minimum absolute atomic E-state index is 0.353. The summed E-state index contributed by atoms with van der Waals surface area (Å²) in [6, 6.07) is 25.0. The van der Waals surface area contributed by atoms with Gasteiger partial charge in [0.15, 0.2) is 35.0 Å². The van der Waals surface area contributed by atoms with Crippen LogP contribution in [0.15, 0.2) is 102 Å². The molecule has 0 saturated carbocycles. The molecule has 0 amide bonds. The lowest BCUT2D eigenvalue weighted by Gasteiger charge is -2.42. The summed E-state index contributed by atoms with van der Waals surface area (Å²) in [6.07, 6.45) is 16.9. The third-order valence-electron chi connectivity index (χ3n) is 10.7. The van der Waals surface area contributed by atoms with Crippen LogP contribution in [0.2, 0.25) is 0 Å². The van der Waals surface area contributed by atoms with Crippen LogP contribution in [-0.2, 0) is 12.8 Å². The van der Waals surface area contributed by atoms with Crippen molar-refractivity contribution in [1.82, 2.24) is 14.9 Å². The van der Waals surface area contributed by atoms with E-state index in [4.69, 9.17) is 24.4 Å². The Hall–Kier alpha value is -5.63. The molecular formula is C46H50N6O2. The van der Waals surface area contributed by atoms with E-state index in [0.29, 0.717) is 12.2 Å². The molecule has 1 N–H and O–H groups in total. The van der Waals surface area contributed by atoms with Gasteiger partial charge in [0, 0.05) is 42.0 Å². The number of hydrogen-bond donors (Lipinski definition) is 1. The molecule has 0 spiro atoms. The normalized spacial score (nSPS) is 15.3. The number of unbranched alkanes of at least 4 members (excludes halogenated alkanes) is 3. The van der Waals surface area contributed by atoms with Crippen molar-refractivity contribution in [1.29, 1.82) is 0 Å². The fourth-order valence-corrected chi connectivity index (χ4v) is 7.95. The third kappa shape index (κ3) is 6.48. The van der Waals surface area contributed by atoms with Gasteiger partial charge in [-0.1, -0.05) is 77.3 Å². The van der Waals surface area contributed by atoms with Crippen molar-refractivity contribution in [2.45, 2.75) is 91.6 Å². The maximum Gasteiger partial charge on any atom is 0.161 e. The van der Waals surface area contributed by atoms with Gasteiger partial charge in [-0.25, -0.2) is 9.97 Å². The highest BCUT2D eigenvalue weighted by Gasteiger charge is 2.40. The highest BCUT2D eigenvalue weighted by Crippen LogP contribution is 2.61. The third-order valence-corrected chi connectivity index (χ3v) is 10.7. The topological polar surface area (TPSA) is 75.1 Å². The van der Waals surface area contributed by atoms with E-state index in [1.807, 2.05) is 48.9 Å². The number of aromatic nitrogens is 2. The van der Waals surface area contributed by atoms with E-state index in [1.54, 1.807) is 0 Å². The summed E-state index contributed by atoms with van der Waals surface area (Å²) in [7, 11) is 0. The van der Waals surface area contributed by atoms with Crippen molar-refractivity contribution in [3.63, 3.8) is 0 Å². The molecule has 276 valence electrons. The summed E-state index contributed by atoms with van der Waals surface area (Å²) >= 11 is 0. The van der Waals surface area contributed by atoms with Crippen LogP contribution in [0.25, 0.3) is 11.4 Å². The number of allylic oxidation sites excluding steroid dienone is 2. The smallest absolute Gasteiger partial charge is 0.161 e. The Labute approximate surface area is 319 Å². The molecule has 4 heterocycles. The molecule has 8 rings (SSSR count). The Kier molecular flexibility index (Phi) is 10.3. The van der Waals surface area contributed by atoms with Gasteiger partial charge in [-0.15, -0.1) is 0 Å². The van der Waals surface area contributed by atoms with E-state index in [0.717, 1.165) is 126 Å². The minimum atomic E-state index is -0.353. The molecule has 0 aliphatic carbocycles. The quantitative estimate of drug-likeness (QED) is 0.127. The van der Waals surface area contributed by atoms with Crippen molar-refractivity contribution in [2.24, 2.45) is 4.99 Å². The number of aryl methyl sites for hydroxylation is 1. The zero-order valence-corrected chi connectivity index (χ0v) is 31.9. The lowest BCUT2D eigenvalue weighted by atomic mass is 9.89. The fraction of sp³-hybridized carbons (Fsp3) is 0.326.